The van der Waals surface area contributed by atoms with Crippen molar-refractivity contribution < 1.29 is 9.53 Å². The van der Waals surface area contributed by atoms with Crippen molar-refractivity contribution in [1.82, 2.24) is 0 Å². The molecule has 0 saturated carbocycles. The summed E-state index contributed by atoms with van der Waals surface area (Å²) in [6, 6.07) is 5.78. The predicted molar refractivity (Wildman–Crippen MR) is 54.9 cm³/mol. The van der Waals surface area contributed by atoms with Gasteiger partial charge < -0.3 is 4.74 Å². The maximum absolute atomic E-state index is 11.2. The molecule has 0 atom stereocenters. The molecule has 0 fully saturated rings. The molecule has 1 heterocycles. The highest BCUT2D eigenvalue weighted by Crippen LogP contribution is 2.21. The Kier molecular flexibility index (Phi) is 2.35. The zero-order valence-corrected chi connectivity index (χ0v) is 8.12. The molecule has 0 spiro atoms. The number of cyclic esters (lactones) is 1. The summed E-state index contributed by atoms with van der Waals surface area (Å²) in [6.07, 6.45) is 5.18. The summed E-state index contributed by atoms with van der Waals surface area (Å²) in [5.74, 6) is -0.203. The van der Waals surface area contributed by atoms with Gasteiger partial charge in [-0.2, -0.15) is 0 Å². The highest BCUT2D eigenvalue weighted by Gasteiger charge is 2.20. The molecule has 1 aromatic carbocycles. The fraction of sp³-hybridized carbons (Fsp3) is 0.250. The Balaban J connectivity index is 2.32. The minimum atomic E-state index is -0.203. The van der Waals surface area contributed by atoms with E-state index in [-0.39, 0.29) is 5.97 Å². The Hall–Kier alpha value is -1.57. The number of benzene rings is 1. The normalized spacial score (nSPS) is 14.5. The number of allylic oxidation sites excluding steroid dienone is 1. The fourth-order valence-electron chi connectivity index (χ4n) is 1.51. The smallest absolute Gasteiger partial charge is 0.338 e. The van der Waals surface area contributed by atoms with Gasteiger partial charge in [0.15, 0.2) is 0 Å². The Labute approximate surface area is 83.2 Å². The first-order valence-electron chi connectivity index (χ1n) is 4.78. The molecule has 0 unspecified atom stereocenters. The van der Waals surface area contributed by atoms with E-state index in [1.54, 1.807) is 0 Å². The van der Waals surface area contributed by atoms with Gasteiger partial charge in [-0.05, 0) is 24.1 Å². The molecule has 0 amide bonds. The number of rotatable bonds is 2. The van der Waals surface area contributed by atoms with E-state index >= 15 is 0 Å². The molecule has 0 aliphatic carbocycles. The molecule has 72 valence electrons. The first-order chi connectivity index (χ1) is 6.81. The second-order valence-corrected chi connectivity index (χ2v) is 3.30. The summed E-state index contributed by atoms with van der Waals surface area (Å²) in [5, 5.41) is 0. The minimum absolute atomic E-state index is 0.203. The van der Waals surface area contributed by atoms with Gasteiger partial charge in [-0.3, -0.25) is 0 Å². The summed E-state index contributed by atoms with van der Waals surface area (Å²) in [4.78, 5) is 11.2. The number of esters is 1. The van der Waals surface area contributed by atoms with Crippen LogP contribution >= 0.6 is 0 Å². The van der Waals surface area contributed by atoms with Crippen LogP contribution in [0.4, 0.5) is 0 Å². The second kappa shape index (κ2) is 3.66. The molecule has 1 aliphatic heterocycles. The van der Waals surface area contributed by atoms with Crippen molar-refractivity contribution in [3.05, 3.63) is 41.0 Å². The Bertz CT molecular complexity index is 391. The van der Waals surface area contributed by atoms with Crippen LogP contribution in [-0.2, 0) is 11.3 Å². The summed E-state index contributed by atoms with van der Waals surface area (Å²) in [5.41, 5.74) is 2.83. The van der Waals surface area contributed by atoms with E-state index in [1.165, 1.54) is 0 Å². The fourth-order valence-corrected chi connectivity index (χ4v) is 1.51. The predicted octanol–water partition coefficient (Wildman–Crippen LogP) is 2.78. The van der Waals surface area contributed by atoms with Gasteiger partial charge in [-0.15, -0.1) is 0 Å². The summed E-state index contributed by atoms with van der Waals surface area (Å²) < 4.78 is 4.92. The van der Waals surface area contributed by atoms with Crippen molar-refractivity contribution in [1.29, 1.82) is 0 Å². The molecule has 0 saturated heterocycles. The third-order valence-electron chi connectivity index (χ3n) is 2.25. The molecule has 14 heavy (non-hydrogen) atoms. The van der Waals surface area contributed by atoms with Crippen molar-refractivity contribution in [3.8, 4) is 0 Å². The summed E-state index contributed by atoms with van der Waals surface area (Å²) in [6.45, 7) is 2.51. The van der Waals surface area contributed by atoms with Crippen LogP contribution < -0.4 is 0 Å². The highest BCUT2D eigenvalue weighted by atomic mass is 16.5. The van der Waals surface area contributed by atoms with Gasteiger partial charge in [0.2, 0.25) is 0 Å². The molecule has 1 aliphatic rings. The van der Waals surface area contributed by atoms with Crippen molar-refractivity contribution in [2.75, 3.05) is 0 Å². The van der Waals surface area contributed by atoms with Crippen LogP contribution in [0, 0.1) is 0 Å². The lowest BCUT2D eigenvalue weighted by molar-refractivity contribution is 0.0535. The van der Waals surface area contributed by atoms with Crippen molar-refractivity contribution >= 4 is 12.0 Å². The molecule has 0 radical (unpaired) electrons. The molecule has 0 aromatic heterocycles. The van der Waals surface area contributed by atoms with Crippen molar-refractivity contribution in [2.45, 2.75) is 20.0 Å². The maximum Gasteiger partial charge on any atom is 0.338 e. The number of hydrogen-bond donors (Lipinski definition) is 0. The summed E-state index contributed by atoms with van der Waals surface area (Å²) >= 11 is 0. The highest BCUT2D eigenvalue weighted by molar-refractivity contribution is 5.93. The third-order valence-corrected chi connectivity index (χ3v) is 2.25. The van der Waals surface area contributed by atoms with E-state index in [4.69, 9.17) is 4.74 Å². The molecule has 0 N–H and O–H groups in total. The zero-order valence-electron chi connectivity index (χ0n) is 8.12. The van der Waals surface area contributed by atoms with Gasteiger partial charge >= 0.3 is 5.97 Å². The van der Waals surface area contributed by atoms with Crippen molar-refractivity contribution in [2.24, 2.45) is 0 Å². The second-order valence-electron chi connectivity index (χ2n) is 3.30. The Morgan fingerprint density at radius 3 is 3.14 bits per heavy atom. The number of carbonyl (C=O) groups is 1. The number of ether oxygens (including phenoxy) is 1. The van der Waals surface area contributed by atoms with Crippen LogP contribution in [0.15, 0.2) is 24.3 Å². The van der Waals surface area contributed by atoms with Gasteiger partial charge in [0, 0.05) is 5.56 Å². The maximum atomic E-state index is 11.2. The van der Waals surface area contributed by atoms with Crippen LogP contribution in [0.1, 0.15) is 34.8 Å². The van der Waals surface area contributed by atoms with Gasteiger partial charge in [0.25, 0.3) is 0 Å². The topological polar surface area (TPSA) is 26.3 Å². The first kappa shape index (κ1) is 9.00. The van der Waals surface area contributed by atoms with Crippen molar-refractivity contribution in [3.63, 3.8) is 0 Å². The molecule has 2 rings (SSSR count). The van der Waals surface area contributed by atoms with Gasteiger partial charge in [0.05, 0.1) is 5.56 Å². The van der Waals surface area contributed by atoms with Crippen LogP contribution in [0.3, 0.4) is 0 Å². The monoisotopic (exact) mass is 188 g/mol. The van der Waals surface area contributed by atoms with Gasteiger partial charge in [0.1, 0.15) is 6.61 Å². The molecule has 2 heteroatoms. The van der Waals surface area contributed by atoms with E-state index in [2.05, 4.69) is 19.1 Å². The average Bonchev–Trinajstić information content (AvgIpc) is 2.57. The molecule has 1 aromatic rings. The average molecular weight is 188 g/mol. The number of fused-ring (bicyclic) bond motifs is 1. The molecule has 0 bridgehead atoms. The lowest BCUT2D eigenvalue weighted by Gasteiger charge is -1.96. The SMILES string of the molecule is CC/C=C/c1ccc2c(c1)COC2=O. The third kappa shape index (κ3) is 1.55. The quantitative estimate of drug-likeness (QED) is 0.667. The largest absolute Gasteiger partial charge is 0.457 e. The molecule has 2 nitrogen and oxygen atoms in total. The van der Waals surface area contributed by atoms with Crippen LogP contribution in [0.2, 0.25) is 0 Å². The van der Waals surface area contributed by atoms with Gasteiger partial charge in [-0.1, -0.05) is 25.1 Å². The number of hydrogen-bond acceptors (Lipinski definition) is 2. The molecular weight excluding hydrogens is 176 g/mol. The van der Waals surface area contributed by atoms with E-state index in [9.17, 15) is 4.79 Å². The summed E-state index contributed by atoms with van der Waals surface area (Å²) in [7, 11) is 0. The number of carbonyl (C=O) groups excluding carboxylic acids is 1. The lowest BCUT2D eigenvalue weighted by atomic mass is 10.1. The van der Waals surface area contributed by atoms with E-state index < -0.39 is 0 Å². The zero-order chi connectivity index (χ0) is 9.97. The van der Waals surface area contributed by atoms with Crippen LogP contribution in [0.5, 0.6) is 0 Å². The molecular formula is C12H12O2. The Morgan fingerprint density at radius 2 is 2.36 bits per heavy atom. The van der Waals surface area contributed by atoms with Crippen LogP contribution in [0.25, 0.3) is 6.08 Å². The van der Waals surface area contributed by atoms with Gasteiger partial charge in [-0.25, -0.2) is 4.79 Å². The lowest BCUT2D eigenvalue weighted by Crippen LogP contribution is -1.92. The van der Waals surface area contributed by atoms with E-state index in [0.29, 0.717) is 12.2 Å². The van der Waals surface area contributed by atoms with E-state index in [0.717, 1.165) is 17.5 Å². The van der Waals surface area contributed by atoms with E-state index in [1.807, 2.05) is 18.2 Å². The standard InChI is InChI=1S/C12H12O2/c1-2-3-4-9-5-6-11-10(7-9)8-14-12(11)13/h3-7H,2,8H2,1H3/b4-3+. The van der Waals surface area contributed by atoms with Crippen LogP contribution in [-0.4, -0.2) is 5.97 Å². The first-order valence-corrected chi connectivity index (χ1v) is 4.78. The Morgan fingerprint density at radius 1 is 1.50 bits per heavy atom. The minimum Gasteiger partial charge on any atom is -0.457 e.